The lowest BCUT2D eigenvalue weighted by Gasteiger charge is -2.15. The van der Waals surface area contributed by atoms with Crippen molar-refractivity contribution in [1.82, 2.24) is 25.2 Å². The van der Waals surface area contributed by atoms with Crippen molar-refractivity contribution < 1.29 is 0 Å². The Morgan fingerprint density at radius 1 is 1.44 bits per heavy atom. The number of nitrogens with zero attached hydrogens (tertiary/aromatic N) is 4. The van der Waals surface area contributed by atoms with E-state index in [9.17, 15) is 0 Å². The number of hydrogen-bond acceptors (Lipinski definition) is 4. The van der Waals surface area contributed by atoms with Gasteiger partial charge in [0.05, 0.1) is 12.2 Å². The second kappa shape index (κ2) is 6.85. The molecule has 0 amide bonds. The van der Waals surface area contributed by atoms with Crippen molar-refractivity contribution in [1.29, 1.82) is 0 Å². The molecule has 0 saturated carbocycles. The van der Waals surface area contributed by atoms with Crippen molar-refractivity contribution >= 4 is 0 Å². The summed E-state index contributed by atoms with van der Waals surface area (Å²) in [5.41, 5.74) is 1.02. The molecule has 0 spiro atoms. The zero-order chi connectivity index (χ0) is 12.8. The van der Waals surface area contributed by atoms with Crippen molar-refractivity contribution in [3.8, 4) is 0 Å². The van der Waals surface area contributed by atoms with Gasteiger partial charge < -0.3 is 10.2 Å². The fourth-order valence-corrected chi connectivity index (χ4v) is 2.71. The highest BCUT2D eigenvalue weighted by atomic mass is 15.4. The monoisotopic (exact) mass is 251 g/mol. The van der Waals surface area contributed by atoms with Crippen molar-refractivity contribution in [2.45, 2.75) is 39.3 Å². The molecule has 1 aliphatic rings. The van der Waals surface area contributed by atoms with E-state index in [1.54, 1.807) is 0 Å². The molecule has 18 heavy (non-hydrogen) atoms. The molecule has 1 atom stereocenters. The Morgan fingerprint density at radius 2 is 2.33 bits per heavy atom. The second-order valence-corrected chi connectivity index (χ2v) is 5.25. The van der Waals surface area contributed by atoms with E-state index in [2.05, 4.69) is 27.5 Å². The predicted molar refractivity (Wildman–Crippen MR) is 72.2 cm³/mol. The molecule has 1 unspecified atom stereocenters. The van der Waals surface area contributed by atoms with Crippen molar-refractivity contribution in [2.24, 2.45) is 5.92 Å². The summed E-state index contributed by atoms with van der Waals surface area (Å²) in [5.74, 6) is 0.922. The van der Waals surface area contributed by atoms with E-state index in [-0.39, 0.29) is 0 Å². The summed E-state index contributed by atoms with van der Waals surface area (Å²) in [4.78, 5) is 2.56. The first-order valence-electron chi connectivity index (χ1n) is 7.07. The minimum Gasteiger partial charge on any atom is -0.314 e. The molecule has 2 heterocycles. The average Bonchev–Trinajstić information content (AvgIpc) is 2.97. The maximum absolute atomic E-state index is 4.15. The molecule has 1 aromatic rings. The van der Waals surface area contributed by atoms with Gasteiger partial charge in [0.1, 0.15) is 0 Å². The first-order chi connectivity index (χ1) is 8.81. The number of hydrogen-bond donors (Lipinski definition) is 1. The Balaban J connectivity index is 1.71. The lowest BCUT2D eigenvalue weighted by molar-refractivity contribution is 0.299. The fraction of sp³-hybridized carbons (Fsp3) is 0.846. The Labute approximate surface area is 110 Å². The van der Waals surface area contributed by atoms with E-state index < -0.39 is 0 Å². The van der Waals surface area contributed by atoms with Crippen LogP contribution in [0.3, 0.4) is 0 Å². The smallest absolute Gasteiger partial charge is 0.0964 e. The predicted octanol–water partition coefficient (Wildman–Crippen LogP) is 1.12. The van der Waals surface area contributed by atoms with Gasteiger partial charge in [-0.1, -0.05) is 18.6 Å². The molecule has 0 radical (unpaired) electrons. The minimum absolute atomic E-state index is 0.794. The van der Waals surface area contributed by atoms with Crippen molar-refractivity contribution in [3.05, 3.63) is 11.9 Å². The first-order valence-corrected chi connectivity index (χ1v) is 7.07. The largest absolute Gasteiger partial charge is 0.314 e. The van der Waals surface area contributed by atoms with Crippen molar-refractivity contribution in [2.75, 3.05) is 26.7 Å². The molecule has 5 nitrogen and oxygen atoms in total. The standard InChI is InChI=1S/C13H25N5/c1-3-4-12-5-6-17(10-12)7-8-18-11-13(9-14-2)15-16-18/h11-12,14H,3-10H2,1-2H3. The minimum atomic E-state index is 0.794. The highest BCUT2D eigenvalue weighted by molar-refractivity contribution is 4.91. The molecule has 2 rings (SSSR count). The number of aromatic nitrogens is 3. The summed E-state index contributed by atoms with van der Waals surface area (Å²) in [6, 6.07) is 0. The summed E-state index contributed by atoms with van der Waals surface area (Å²) >= 11 is 0. The van der Waals surface area contributed by atoms with Crippen LogP contribution in [0.4, 0.5) is 0 Å². The maximum atomic E-state index is 4.15. The molecule has 5 heteroatoms. The quantitative estimate of drug-likeness (QED) is 0.789. The molecular weight excluding hydrogens is 226 g/mol. The highest BCUT2D eigenvalue weighted by Gasteiger charge is 2.21. The number of nitrogens with one attached hydrogen (secondary N) is 1. The molecular formula is C13H25N5. The average molecular weight is 251 g/mol. The van der Waals surface area contributed by atoms with Crippen LogP contribution >= 0.6 is 0 Å². The molecule has 102 valence electrons. The Kier molecular flexibility index (Phi) is 5.13. The molecule has 1 N–H and O–H groups in total. The van der Waals surface area contributed by atoms with Gasteiger partial charge in [-0.15, -0.1) is 5.10 Å². The summed E-state index contributed by atoms with van der Waals surface area (Å²) in [5, 5.41) is 11.4. The molecule has 1 fully saturated rings. The van der Waals surface area contributed by atoms with Crippen LogP contribution in [0.1, 0.15) is 31.9 Å². The zero-order valence-corrected chi connectivity index (χ0v) is 11.6. The SMILES string of the molecule is CCCC1CCN(CCn2cc(CNC)nn2)C1. The van der Waals surface area contributed by atoms with Gasteiger partial charge in [-0.25, -0.2) is 0 Å². The van der Waals surface area contributed by atoms with Crippen LogP contribution in [0.2, 0.25) is 0 Å². The van der Waals surface area contributed by atoms with E-state index in [0.29, 0.717) is 0 Å². The molecule has 0 aliphatic carbocycles. The van der Waals surface area contributed by atoms with Gasteiger partial charge in [0.15, 0.2) is 0 Å². The molecule has 0 bridgehead atoms. The third kappa shape index (κ3) is 3.78. The van der Waals surface area contributed by atoms with E-state index in [1.165, 1.54) is 32.4 Å². The van der Waals surface area contributed by atoms with E-state index in [4.69, 9.17) is 0 Å². The molecule has 0 aromatic carbocycles. The van der Waals surface area contributed by atoms with E-state index >= 15 is 0 Å². The first kappa shape index (κ1) is 13.5. The van der Waals surface area contributed by atoms with Crippen LogP contribution in [0, 0.1) is 5.92 Å². The topological polar surface area (TPSA) is 46.0 Å². The maximum Gasteiger partial charge on any atom is 0.0964 e. The Morgan fingerprint density at radius 3 is 3.11 bits per heavy atom. The highest BCUT2D eigenvalue weighted by Crippen LogP contribution is 2.20. The van der Waals surface area contributed by atoms with Crippen LogP contribution in [0.25, 0.3) is 0 Å². The van der Waals surface area contributed by atoms with Gasteiger partial charge in [-0.05, 0) is 32.4 Å². The second-order valence-electron chi connectivity index (χ2n) is 5.25. The fourth-order valence-electron chi connectivity index (χ4n) is 2.71. The van der Waals surface area contributed by atoms with Crippen LogP contribution in [0.15, 0.2) is 6.20 Å². The van der Waals surface area contributed by atoms with Gasteiger partial charge in [-0.3, -0.25) is 4.68 Å². The Hall–Kier alpha value is -0.940. The summed E-state index contributed by atoms with van der Waals surface area (Å²) in [6.45, 7) is 7.65. The lowest BCUT2D eigenvalue weighted by atomic mass is 10.0. The summed E-state index contributed by atoms with van der Waals surface area (Å²) in [6.07, 6.45) is 6.10. The van der Waals surface area contributed by atoms with Gasteiger partial charge >= 0.3 is 0 Å². The molecule has 1 aliphatic heterocycles. The van der Waals surface area contributed by atoms with Crippen LogP contribution in [-0.4, -0.2) is 46.6 Å². The van der Waals surface area contributed by atoms with Crippen LogP contribution in [-0.2, 0) is 13.1 Å². The normalized spacial score (nSPS) is 20.7. The summed E-state index contributed by atoms with van der Waals surface area (Å²) in [7, 11) is 1.93. The van der Waals surface area contributed by atoms with Crippen LogP contribution < -0.4 is 5.32 Å². The lowest BCUT2D eigenvalue weighted by Crippen LogP contribution is -2.25. The Bertz CT molecular complexity index is 349. The van der Waals surface area contributed by atoms with Gasteiger partial charge in [0, 0.05) is 25.8 Å². The van der Waals surface area contributed by atoms with E-state index in [0.717, 1.165) is 31.2 Å². The van der Waals surface area contributed by atoms with Crippen LogP contribution in [0.5, 0.6) is 0 Å². The summed E-state index contributed by atoms with van der Waals surface area (Å²) < 4.78 is 1.96. The number of likely N-dealkylation sites (tertiary alicyclic amines) is 1. The van der Waals surface area contributed by atoms with Crippen molar-refractivity contribution in [3.63, 3.8) is 0 Å². The van der Waals surface area contributed by atoms with Gasteiger partial charge in [0.2, 0.25) is 0 Å². The zero-order valence-electron chi connectivity index (χ0n) is 11.6. The molecule has 1 saturated heterocycles. The number of rotatable bonds is 7. The molecule has 1 aromatic heterocycles. The van der Waals surface area contributed by atoms with Gasteiger partial charge in [0.25, 0.3) is 0 Å². The third-order valence-corrected chi connectivity index (χ3v) is 3.66. The van der Waals surface area contributed by atoms with Gasteiger partial charge in [-0.2, -0.15) is 0 Å². The van der Waals surface area contributed by atoms with E-state index in [1.807, 2.05) is 17.9 Å². The third-order valence-electron chi connectivity index (χ3n) is 3.66.